The third kappa shape index (κ3) is 2.62. The lowest BCUT2D eigenvalue weighted by atomic mass is 10.2. The lowest BCUT2D eigenvalue weighted by molar-refractivity contribution is 0.0795. The molecule has 0 bridgehead atoms. The Balaban J connectivity index is 2.61. The molecule has 0 N–H and O–H groups in total. The van der Waals surface area contributed by atoms with Gasteiger partial charge in [-0.25, -0.2) is 4.98 Å². The van der Waals surface area contributed by atoms with Crippen LogP contribution in [-0.4, -0.2) is 33.4 Å². The Labute approximate surface area is 133 Å². The molecule has 6 heteroatoms. The summed E-state index contributed by atoms with van der Waals surface area (Å²) in [7, 11) is 1.68. The van der Waals surface area contributed by atoms with Crippen LogP contribution in [0.3, 0.4) is 0 Å². The third-order valence-corrected chi connectivity index (χ3v) is 4.75. The van der Waals surface area contributed by atoms with E-state index >= 15 is 0 Å². The average molecular weight is 317 g/mol. The van der Waals surface area contributed by atoms with Crippen LogP contribution < -0.4 is 5.56 Å². The van der Waals surface area contributed by atoms with Gasteiger partial charge in [-0.15, -0.1) is 24.5 Å². The highest BCUT2D eigenvalue weighted by atomic mass is 32.1. The van der Waals surface area contributed by atoms with Crippen LogP contribution in [0.4, 0.5) is 0 Å². The summed E-state index contributed by atoms with van der Waals surface area (Å²) in [5.41, 5.74) is 0.575. The van der Waals surface area contributed by atoms with Gasteiger partial charge in [-0.05, 0) is 19.4 Å². The fourth-order valence-corrected chi connectivity index (χ4v) is 3.45. The maximum Gasteiger partial charge on any atom is 0.264 e. The molecule has 0 atom stereocenters. The molecule has 2 aromatic heterocycles. The number of nitrogens with zero attached hydrogens (tertiary/aromatic N) is 3. The summed E-state index contributed by atoms with van der Waals surface area (Å²) in [6.45, 7) is 11.8. The number of carbonyl (C=O) groups is 1. The summed E-state index contributed by atoms with van der Waals surface area (Å²) in [5, 5.41) is 0.526. The molecule has 0 saturated carbocycles. The maximum absolute atomic E-state index is 12.7. The molecule has 0 aliphatic rings. The van der Waals surface area contributed by atoms with Gasteiger partial charge in [0.15, 0.2) is 0 Å². The molecule has 2 aromatic rings. The summed E-state index contributed by atoms with van der Waals surface area (Å²) in [6, 6.07) is 0. The Morgan fingerprint density at radius 3 is 2.45 bits per heavy atom. The normalized spacial score (nSPS) is 10.7. The van der Waals surface area contributed by atoms with E-state index in [-0.39, 0.29) is 11.5 Å². The first-order valence-corrected chi connectivity index (χ1v) is 7.71. The summed E-state index contributed by atoms with van der Waals surface area (Å²) in [5.74, 6) is 0.506. The number of carbonyl (C=O) groups excluding carboxylic acids is 1. The average Bonchev–Trinajstić information content (AvgIpc) is 2.80. The molecule has 0 aliphatic carbocycles. The monoisotopic (exact) mass is 317 g/mol. The summed E-state index contributed by atoms with van der Waals surface area (Å²) in [4.78, 5) is 32.3. The van der Waals surface area contributed by atoms with Crippen LogP contribution in [0.5, 0.6) is 0 Å². The predicted molar refractivity (Wildman–Crippen MR) is 90.6 cm³/mol. The van der Waals surface area contributed by atoms with Crippen molar-refractivity contribution >= 4 is 27.5 Å². The minimum atomic E-state index is -0.125. The molecule has 0 unspecified atom stereocenters. The molecule has 0 saturated heterocycles. The zero-order chi connectivity index (χ0) is 16.4. The molecule has 0 aromatic carbocycles. The zero-order valence-electron chi connectivity index (χ0n) is 13.0. The van der Waals surface area contributed by atoms with Crippen molar-refractivity contribution in [3.8, 4) is 0 Å². The van der Waals surface area contributed by atoms with Gasteiger partial charge >= 0.3 is 0 Å². The number of hydrogen-bond donors (Lipinski definition) is 0. The van der Waals surface area contributed by atoms with Gasteiger partial charge in [0.05, 0.1) is 10.3 Å². The molecule has 116 valence electrons. The summed E-state index contributed by atoms with van der Waals surface area (Å²) in [6.07, 6.45) is 3.34. The Morgan fingerprint density at radius 1 is 1.32 bits per heavy atom. The van der Waals surface area contributed by atoms with Gasteiger partial charge in [-0.2, -0.15) is 0 Å². The molecule has 1 amide bonds. The molecule has 2 rings (SSSR count). The van der Waals surface area contributed by atoms with Crippen molar-refractivity contribution in [3.05, 3.63) is 51.9 Å². The van der Waals surface area contributed by atoms with Crippen LogP contribution in [0.25, 0.3) is 10.2 Å². The number of aryl methyl sites for hydroxylation is 2. The molecule has 0 fully saturated rings. The topological polar surface area (TPSA) is 55.2 Å². The first kappa shape index (κ1) is 16.2. The second kappa shape index (κ2) is 6.27. The van der Waals surface area contributed by atoms with Crippen molar-refractivity contribution < 1.29 is 4.79 Å². The molecule has 22 heavy (non-hydrogen) atoms. The van der Waals surface area contributed by atoms with Gasteiger partial charge in [-0.3, -0.25) is 14.2 Å². The van der Waals surface area contributed by atoms with Gasteiger partial charge in [0.1, 0.15) is 10.7 Å². The van der Waals surface area contributed by atoms with Crippen LogP contribution in [-0.2, 0) is 7.05 Å². The molecule has 0 spiro atoms. The second-order valence-corrected chi connectivity index (χ2v) is 6.05. The van der Waals surface area contributed by atoms with Gasteiger partial charge in [0, 0.05) is 20.1 Å². The highest BCUT2D eigenvalue weighted by molar-refractivity contribution is 7.20. The highest BCUT2D eigenvalue weighted by Crippen LogP contribution is 2.28. The van der Waals surface area contributed by atoms with E-state index in [0.717, 1.165) is 0 Å². The van der Waals surface area contributed by atoms with Crippen LogP contribution in [0.1, 0.15) is 21.1 Å². The zero-order valence-corrected chi connectivity index (χ0v) is 13.9. The van der Waals surface area contributed by atoms with Crippen molar-refractivity contribution in [1.82, 2.24) is 14.5 Å². The van der Waals surface area contributed by atoms with Crippen molar-refractivity contribution in [2.45, 2.75) is 13.8 Å². The fourth-order valence-electron chi connectivity index (χ4n) is 2.27. The van der Waals surface area contributed by atoms with Crippen LogP contribution in [0, 0.1) is 13.8 Å². The van der Waals surface area contributed by atoms with E-state index in [4.69, 9.17) is 0 Å². The summed E-state index contributed by atoms with van der Waals surface area (Å²) < 4.78 is 1.50. The number of fused-ring (bicyclic) bond motifs is 1. The molecule has 5 nitrogen and oxygen atoms in total. The highest BCUT2D eigenvalue weighted by Gasteiger charge is 2.22. The van der Waals surface area contributed by atoms with Crippen LogP contribution in [0.2, 0.25) is 0 Å². The number of aromatic nitrogens is 2. The lowest BCUT2D eigenvalue weighted by Crippen LogP contribution is -2.31. The van der Waals surface area contributed by atoms with Gasteiger partial charge in [0.2, 0.25) is 0 Å². The minimum Gasteiger partial charge on any atom is -0.331 e. The largest absolute Gasteiger partial charge is 0.331 e. The van der Waals surface area contributed by atoms with Crippen molar-refractivity contribution in [3.63, 3.8) is 0 Å². The first-order valence-electron chi connectivity index (χ1n) is 6.90. The van der Waals surface area contributed by atoms with Crippen LogP contribution in [0.15, 0.2) is 30.1 Å². The Morgan fingerprint density at radius 2 is 1.91 bits per heavy atom. The van der Waals surface area contributed by atoms with Crippen molar-refractivity contribution in [1.29, 1.82) is 0 Å². The molecular weight excluding hydrogens is 298 g/mol. The first-order chi connectivity index (χ1) is 10.4. The van der Waals surface area contributed by atoms with Crippen LogP contribution >= 0.6 is 11.3 Å². The quantitative estimate of drug-likeness (QED) is 0.796. The standard InChI is InChI=1S/C16H19N3O2S/c1-6-8-19(9-7-2)16(21)13-10(3)12-14(22-13)17-11(4)18(5)15(12)20/h6-7H,1-2,8-9H2,3-5H3. The van der Waals surface area contributed by atoms with E-state index in [1.54, 1.807) is 37.9 Å². The molecule has 2 heterocycles. The maximum atomic E-state index is 12.7. The molecule has 0 radical (unpaired) electrons. The van der Waals surface area contributed by atoms with Gasteiger partial charge < -0.3 is 4.90 Å². The van der Waals surface area contributed by atoms with Crippen molar-refractivity contribution in [2.24, 2.45) is 7.05 Å². The van der Waals surface area contributed by atoms with E-state index in [1.807, 2.05) is 0 Å². The Kier molecular flexibility index (Phi) is 4.61. The number of hydrogen-bond acceptors (Lipinski definition) is 4. The van der Waals surface area contributed by atoms with Crippen molar-refractivity contribution in [2.75, 3.05) is 13.1 Å². The smallest absolute Gasteiger partial charge is 0.264 e. The summed E-state index contributed by atoms with van der Waals surface area (Å²) >= 11 is 1.26. The second-order valence-electron chi connectivity index (χ2n) is 5.05. The third-order valence-electron chi connectivity index (χ3n) is 3.58. The molecule has 0 aliphatic heterocycles. The predicted octanol–water partition coefficient (Wildman–Crippen LogP) is 2.43. The van der Waals surface area contributed by atoms with Gasteiger partial charge in [0.25, 0.3) is 11.5 Å². The van der Waals surface area contributed by atoms with E-state index in [0.29, 0.717) is 39.6 Å². The number of amides is 1. The lowest BCUT2D eigenvalue weighted by Gasteiger charge is -2.18. The van der Waals surface area contributed by atoms with E-state index in [1.165, 1.54) is 15.9 Å². The minimum absolute atomic E-state index is 0.116. The molecular formula is C16H19N3O2S. The Bertz CT molecular complexity index is 807. The van der Waals surface area contributed by atoms with Gasteiger partial charge in [-0.1, -0.05) is 12.2 Å². The van der Waals surface area contributed by atoms with E-state index in [2.05, 4.69) is 18.1 Å². The Hall–Kier alpha value is -2.21. The number of rotatable bonds is 5. The number of thiophene rings is 1. The SMILES string of the molecule is C=CCN(CC=C)C(=O)c1sc2nc(C)n(C)c(=O)c2c1C. The van der Waals surface area contributed by atoms with E-state index < -0.39 is 0 Å². The van der Waals surface area contributed by atoms with E-state index in [9.17, 15) is 9.59 Å². The fraction of sp³-hybridized carbons (Fsp3) is 0.312.